The van der Waals surface area contributed by atoms with Crippen molar-refractivity contribution in [2.45, 2.75) is 27.2 Å². The van der Waals surface area contributed by atoms with Crippen LogP contribution in [0.15, 0.2) is 59.2 Å². The summed E-state index contributed by atoms with van der Waals surface area (Å²) in [6.07, 6.45) is 4.98. The van der Waals surface area contributed by atoms with Gasteiger partial charge in [-0.1, -0.05) is 60.6 Å². The van der Waals surface area contributed by atoms with Crippen molar-refractivity contribution in [3.8, 4) is 0 Å². The number of benzene rings is 1. The minimum atomic E-state index is -0.109. The van der Waals surface area contributed by atoms with E-state index in [1.165, 1.54) is 16.7 Å². The minimum absolute atomic E-state index is 0.109. The number of hydrogen-bond donors (Lipinski definition) is 0. The molecule has 1 aromatic carbocycles. The van der Waals surface area contributed by atoms with Crippen LogP contribution in [0.3, 0.4) is 0 Å². The molecule has 1 nitrogen and oxygen atoms in total. The number of Topliss-reactive ketones (excluding diaryl/α,β-unsaturated/α-hetero) is 1. The molecule has 0 radical (unpaired) electrons. The Morgan fingerprint density at radius 2 is 1.74 bits per heavy atom. The second-order valence-electron chi connectivity index (χ2n) is 5.80. The van der Waals surface area contributed by atoms with Gasteiger partial charge in [-0.3, -0.25) is 4.79 Å². The van der Waals surface area contributed by atoms with Gasteiger partial charge in [0.2, 0.25) is 0 Å². The molecular weight excluding hydrogens is 232 g/mol. The van der Waals surface area contributed by atoms with E-state index in [-0.39, 0.29) is 11.2 Å². The summed E-state index contributed by atoms with van der Waals surface area (Å²) in [5.74, 6) is 0.266. The third-order valence-electron chi connectivity index (χ3n) is 4.41. The molecule has 96 valence electrons. The number of hydrogen-bond acceptors (Lipinski definition) is 1. The molecular formula is C18H18O. The molecule has 2 aliphatic rings. The summed E-state index contributed by atoms with van der Waals surface area (Å²) < 4.78 is 0. The molecule has 0 heterocycles. The monoisotopic (exact) mass is 250 g/mol. The molecule has 3 rings (SSSR count). The highest BCUT2D eigenvalue weighted by Gasteiger charge is 2.43. The van der Waals surface area contributed by atoms with E-state index in [4.69, 9.17) is 0 Å². The van der Waals surface area contributed by atoms with Crippen molar-refractivity contribution in [2.24, 2.45) is 5.41 Å². The second kappa shape index (κ2) is 4.06. The first-order chi connectivity index (χ1) is 9.02. The maximum Gasteiger partial charge on any atom is 0.164 e. The normalized spacial score (nSPS) is 26.2. The molecule has 1 heteroatoms. The van der Waals surface area contributed by atoms with Gasteiger partial charge in [0, 0.05) is 17.4 Å². The third kappa shape index (κ3) is 1.73. The van der Waals surface area contributed by atoms with Gasteiger partial charge < -0.3 is 0 Å². The van der Waals surface area contributed by atoms with Crippen molar-refractivity contribution in [2.75, 3.05) is 0 Å². The van der Waals surface area contributed by atoms with Gasteiger partial charge in [0.25, 0.3) is 0 Å². The number of allylic oxidation sites excluding steroid dienone is 6. The molecule has 0 N–H and O–H groups in total. The Morgan fingerprint density at radius 1 is 1.05 bits per heavy atom. The Hall–Kier alpha value is -1.89. The third-order valence-corrected chi connectivity index (χ3v) is 4.41. The average Bonchev–Trinajstić information content (AvgIpc) is 2.63. The fourth-order valence-corrected chi connectivity index (χ4v) is 3.21. The fraction of sp³-hybridized carbons (Fsp3) is 0.278. The first kappa shape index (κ1) is 12.2. The van der Waals surface area contributed by atoms with E-state index < -0.39 is 0 Å². The van der Waals surface area contributed by atoms with Crippen LogP contribution in [0.2, 0.25) is 0 Å². The van der Waals surface area contributed by atoms with Crippen LogP contribution in [0.1, 0.15) is 32.8 Å². The zero-order valence-corrected chi connectivity index (χ0v) is 11.7. The summed E-state index contributed by atoms with van der Waals surface area (Å²) in [6, 6.07) is 10.0. The van der Waals surface area contributed by atoms with Crippen LogP contribution in [0.25, 0.3) is 5.57 Å². The van der Waals surface area contributed by atoms with Crippen LogP contribution in [0, 0.1) is 5.41 Å². The SMILES string of the molecule is CC1=CC2=C(c3ccccc3)C(=O)CC2(C)C(C)=C1. The van der Waals surface area contributed by atoms with Crippen molar-refractivity contribution in [1.82, 2.24) is 0 Å². The molecule has 1 atom stereocenters. The predicted octanol–water partition coefficient (Wildman–Crippen LogP) is 4.33. The van der Waals surface area contributed by atoms with Gasteiger partial charge in [-0.25, -0.2) is 0 Å². The summed E-state index contributed by atoms with van der Waals surface area (Å²) in [5, 5.41) is 0. The maximum absolute atomic E-state index is 12.5. The lowest BCUT2D eigenvalue weighted by molar-refractivity contribution is -0.114. The molecule has 0 amide bonds. The van der Waals surface area contributed by atoms with Crippen LogP contribution in [-0.4, -0.2) is 5.78 Å². The zero-order chi connectivity index (χ0) is 13.6. The number of carbonyl (C=O) groups is 1. The number of ketones is 1. The standard InChI is InChI=1S/C18H18O/c1-12-9-13(2)18(3)11-16(19)17(15(18)10-12)14-7-5-4-6-8-14/h4-10H,11H2,1-3H3. The highest BCUT2D eigenvalue weighted by atomic mass is 16.1. The summed E-state index contributed by atoms with van der Waals surface area (Å²) in [6.45, 7) is 6.42. The van der Waals surface area contributed by atoms with Gasteiger partial charge in [-0.15, -0.1) is 0 Å². The Morgan fingerprint density at radius 3 is 2.42 bits per heavy atom. The summed E-state index contributed by atoms with van der Waals surface area (Å²) in [7, 11) is 0. The Labute approximate surface area is 114 Å². The van der Waals surface area contributed by atoms with Crippen molar-refractivity contribution >= 4 is 11.4 Å². The lowest BCUT2D eigenvalue weighted by Gasteiger charge is -2.30. The summed E-state index contributed by atoms with van der Waals surface area (Å²) in [5.41, 5.74) is 5.57. The zero-order valence-electron chi connectivity index (χ0n) is 11.7. The number of carbonyl (C=O) groups excluding carboxylic acids is 1. The second-order valence-corrected chi connectivity index (χ2v) is 5.80. The van der Waals surface area contributed by atoms with Crippen LogP contribution >= 0.6 is 0 Å². The van der Waals surface area contributed by atoms with E-state index in [9.17, 15) is 4.79 Å². The minimum Gasteiger partial charge on any atom is -0.294 e. The van der Waals surface area contributed by atoms with Crippen molar-refractivity contribution in [3.05, 3.63) is 64.8 Å². The lowest BCUT2D eigenvalue weighted by Crippen LogP contribution is -2.20. The molecule has 1 aromatic rings. The average molecular weight is 250 g/mol. The predicted molar refractivity (Wildman–Crippen MR) is 78.6 cm³/mol. The lowest BCUT2D eigenvalue weighted by atomic mass is 9.72. The van der Waals surface area contributed by atoms with E-state index in [0.717, 1.165) is 11.1 Å². The molecule has 0 aliphatic heterocycles. The summed E-state index contributed by atoms with van der Waals surface area (Å²) in [4.78, 5) is 12.5. The van der Waals surface area contributed by atoms with E-state index in [1.54, 1.807) is 0 Å². The smallest absolute Gasteiger partial charge is 0.164 e. The van der Waals surface area contributed by atoms with E-state index in [2.05, 4.69) is 32.9 Å². The Bertz CT molecular complexity index is 644. The topological polar surface area (TPSA) is 17.1 Å². The number of rotatable bonds is 1. The number of fused-ring (bicyclic) bond motifs is 1. The molecule has 0 fully saturated rings. The van der Waals surface area contributed by atoms with Gasteiger partial charge in [0.05, 0.1) is 0 Å². The van der Waals surface area contributed by atoms with Crippen molar-refractivity contribution in [3.63, 3.8) is 0 Å². The first-order valence-corrected chi connectivity index (χ1v) is 6.73. The highest BCUT2D eigenvalue weighted by Crippen LogP contribution is 2.52. The van der Waals surface area contributed by atoms with Gasteiger partial charge in [-0.2, -0.15) is 0 Å². The van der Waals surface area contributed by atoms with Gasteiger partial charge in [0.15, 0.2) is 5.78 Å². The van der Waals surface area contributed by atoms with E-state index in [1.807, 2.05) is 30.3 Å². The van der Waals surface area contributed by atoms with Crippen LogP contribution in [0.4, 0.5) is 0 Å². The van der Waals surface area contributed by atoms with Crippen LogP contribution < -0.4 is 0 Å². The largest absolute Gasteiger partial charge is 0.294 e. The quantitative estimate of drug-likeness (QED) is 0.725. The molecule has 19 heavy (non-hydrogen) atoms. The van der Waals surface area contributed by atoms with Gasteiger partial charge >= 0.3 is 0 Å². The fourth-order valence-electron chi connectivity index (χ4n) is 3.21. The van der Waals surface area contributed by atoms with Gasteiger partial charge in [0.1, 0.15) is 0 Å². The maximum atomic E-state index is 12.5. The molecule has 0 spiro atoms. The van der Waals surface area contributed by atoms with Crippen molar-refractivity contribution < 1.29 is 4.79 Å². The highest BCUT2D eigenvalue weighted by molar-refractivity contribution is 6.25. The van der Waals surface area contributed by atoms with Crippen LogP contribution in [0.5, 0.6) is 0 Å². The molecule has 2 aliphatic carbocycles. The van der Waals surface area contributed by atoms with Crippen LogP contribution in [-0.2, 0) is 4.79 Å². The van der Waals surface area contributed by atoms with Gasteiger partial charge in [-0.05, 0) is 25.0 Å². The summed E-state index contributed by atoms with van der Waals surface area (Å²) >= 11 is 0. The molecule has 1 unspecified atom stereocenters. The van der Waals surface area contributed by atoms with Crippen molar-refractivity contribution in [1.29, 1.82) is 0 Å². The van der Waals surface area contributed by atoms with E-state index in [0.29, 0.717) is 6.42 Å². The van der Waals surface area contributed by atoms with E-state index >= 15 is 0 Å². The Balaban J connectivity index is 2.26. The Kier molecular flexibility index (Phi) is 2.60. The molecule has 0 aromatic heterocycles. The first-order valence-electron chi connectivity index (χ1n) is 6.73. The molecule has 0 saturated heterocycles. The molecule has 0 saturated carbocycles. The molecule has 0 bridgehead atoms.